The van der Waals surface area contributed by atoms with Crippen LogP contribution in [0.2, 0.25) is 0 Å². The van der Waals surface area contributed by atoms with Gasteiger partial charge in [0.05, 0.1) is 4.92 Å². The number of carbonyl (C=O) groups is 1. The van der Waals surface area contributed by atoms with Crippen LogP contribution in [-0.2, 0) is 0 Å². The third-order valence-corrected chi connectivity index (χ3v) is 3.90. The van der Waals surface area contributed by atoms with E-state index in [1.807, 2.05) is 7.05 Å². The van der Waals surface area contributed by atoms with E-state index in [2.05, 4.69) is 17.1 Å². The highest BCUT2D eigenvalue weighted by Gasteiger charge is 2.29. The molecule has 0 aliphatic carbocycles. The molecule has 0 spiro atoms. The van der Waals surface area contributed by atoms with Gasteiger partial charge in [0.15, 0.2) is 0 Å². The molecule has 1 aromatic rings. The van der Waals surface area contributed by atoms with Gasteiger partial charge in [0, 0.05) is 12.6 Å². The summed E-state index contributed by atoms with van der Waals surface area (Å²) in [5.41, 5.74) is -0.372. The zero-order valence-electron chi connectivity index (χ0n) is 12.1. The van der Waals surface area contributed by atoms with Gasteiger partial charge in [0.25, 0.3) is 0 Å². The number of nitro benzene ring substituents is 1. The Morgan fingerprint density at radius 2 is 2.24 bits per heavy atom. The SMILES string of the molecule is CC1CN(C)CCC1Nc1cccc(C(=O)O)c1[N+](=O)[O-]. The Morgan fingerprint density at radius 3 is 2.81 bits per heavy atom. The van der Waals surface area contributed by atoms with Gasteiger partial charge < -0.3 is 15.3 Å². The average molecular weight is 293 g/mol. The molecule has 1 heterocycles. The van der Waals surface area contributed by atoms with Crippen LogP contribution in [0, 0.1) is 16.0 Å². The quantitative estimate of drug-likeness (QED) is 0.651. The van der Waals surface area contributed by atoms with E-state index in [1.165, 1.54) is 12.1 Å². The number of benzene rings is 1. The van der Waals surface area contributed by atoms with Gasteiger partial charge in [0.2, 0.25) is 0 Å². The molecule has 7 nitrogen and oxygen atoms in total. The lowest BCUT2D eigenvalue weighted by atomic mass is 9.93. The van der Waals surface area contributed by atoms with Crippen molar-refractivity contribution < 1.29 is 14.8 Å². The molecule has 2 atom stereocenters. The highest BCUT2D eigenvalue weighted by atomic mass is 16.6. The molecule has 2 rings (SSSR count). The predicted molar refractivity (Wildman–Crippen MR) is 78.7 cm³/mol. The summed E-state index contributed by atoms with van der Waals surface area (Å²) >= 11 is 0. The average Bonchev–Trinajstić information content (AvgIpc) is 2.41. The molecule has 0 aromatic heterocycles. The van der Waals surface area contributed by atoms with Crippen molar-refractivity contribution in [3.05, 3.63) is 33.9 Å². The van der Waals surface area contributed by atoms with Gasteiger partial charge in [-0.3, -0.25) is 10.1 Å². The highest BCUT2D eigenvalue weighted by molar-refractivity contribution is 5.95. The van der Waals surface area contributed by atoms with Gasteiger partial charge in [-0.25, -0.2) is 4.79 Å². The topological polar surface area (TPSA) is 95.7 Å². The van der Waals surface area contributed by atoms with E-state index < -0.39 is 10.9 Å². The first-order valence-electron chi connectivity index (χ1n) is 6.86. The van der Waals surface area contributed by atoms with Crippen LogP contribution >= 0.6 is 0 Å². The minimum Gasteiger partial charge on any atom is -0.477 e. The molecule has 0 bridgehead atoms. The van der Waals surface area contributed by atoms with Gasteiger partial charge in [-0.15, -0.1) is 0 Å². The van der Waals surface area contributed by atoms with Crippen LogP contribution in [0.15, 0.2) is 18.2 Å². The highest BCUT2D eigenvalue weighted by Crippen LogP contribution is 2.31. The molecule has 1 aliphatic heterocycles. The molecular weight excluding hydrogens is 274 g/mol. The van der Waals surface area contributed by atoms with Crippen LogP contribution in [0.5, 0.6) is 0 Å². The lowest BCUT2D eigenvalue weighted by molar-refractivity contribution is -0.384. The summed E-state index contributed by atoms with van der Waals surface area (Å²) in [4.78, 5) is 23.9. The number of aromatic carboxylic acids is 1. The molecule has 0 saturated carbocycles. The number of piperidine rings is 1. The van der Waals surface area contributed by atoms with Crippen LogP contribution < -0.4 is 5.32 Å². The maximum absolute atomic E-state index is 11.2. The number of carboxylic acids is 1. The van der Waals surface area contributed by atoms with E-state index in [9.17, 15) is 14.9 Å². The summed E-state index contributed by atoms with van der Waals surface area (Å²) in [6.07, 6.45) is 0.867. The van der Waals surface area contributed by atoms with E-state index in [0.717, 1.165) is 19.5 Å². The van der Waals surface area contributed by atoms with Gasteiger partial charge in [0.1, 0.15) is 11.3 Å². The third kappa shape index (κ3) is 3.30. The third-order valence-electron chi connectivity index (χ3n) is 3.90. The molecule has 1 aliphatic rings. The fraction of sp³-hybridized carbons (Fsp3) is 0.500. The maximum atomic E-state index is 11.2. The first kappa shape index (κ1) is 15.2. The van der Waals surface area contributed by atoms with Crippen molar-refractivity contribution in [1.29, 1.82) is 0 Å². The Balaban J connectivity index is 2.30. The molecule has 114 valence electrons. The molecule has 0 amide bonds. The maximum Gasteiger partial charge on any atom is 0.342 e. The molecular formula is C14H19N3O4. The minimum atomic E-state index is -1.29. The van der Waals surface area contributed by atoms with Gasteiger partial charge >= 0.3 is 11.7 Å². The van der Waals surface area contributed by atoms with E-state index >= 15 is 0 Å². The largest absolute Gasteiger partial charge is 0.477 e. The number of nitrogens with one attached hydrogen (secondary N) is 1. The number of anilines is 1. The number of nitro groups is 1. The lowest BCUT2D eigenvalue weighted by Crippen LogP contribution is -2.43. The van der Waals surface area contributed by atoms with Crippen molar-refractivity contribution >= 4 is 17.3 Å². The first-order valence-corrected chi connectivity index (χ1v) is 6.86. The number of carboxylic acid groups (broad SMARTS) is 1. The van der Waals surface area contributed by atoms with Crippen molar-refractivity contribution in [2.45, 2.75) is 19.4 Å². The molecule has 7 heteroatoms. The van der Waals surface area contributed by atoms with Crippen LogP contribution in [0.4, 0.5) is 11.4 Å². The van der Waals surface area contributed by atoms with Gasteiger partial charge in [-0.1, -0.05) is 13.0 Å². The number of hydrogen-bond acceptors (Lipinski definition) is 5. The number of rotatable bonds is 4. The summed E-state index contributed by atoms with van der Waals surface area (Å²) in [7, 11) is 2.04. The van der Waals surface area contributed by atoms with Crippen molar-refractivity contribution in [2.24, 2.45) is 5.92 Å². The molecule has 2 N–H and O–H groups in total. The zero-order valence-corrected chi connectivity index (χ0v) is 12.1. The fourth-order valence-corrected chi connectivity index (χ4v) is 2.80. The molecule has 1 fully saturated rings. The summed E-state index contributed by atoms with van der Waals surface area (Å²) in [5, 5.41) is 23.5. The monoisotopic (exact) mass is 293 g/mol. The van der Waals surface area contributed by atoms with Crippen LogP contribution in [0.3, 0.4) is 0 Å². The van der Waals surface area contributed by atoms with E-state index in [-0.39, 0.29) is 23.0 Å². The summed E-state index contributed by atoms with van der Waals surface area (Å²) < 4.78 is 0. The Bertz CT molecular complexity index is 561. The molecule has 0 radical (unpaired) electrons. The Hall–Kier alpha value is -2.15. The zero-order chi connectivity index (χ0) is 15.6. The lowest BCUT2D eigenvalue weighted by Gasteiger charge is -2.35. The van der Waals surface area contributed by atoms with Gasteiger partial charge in [-0.2, -0.15) is 0 Å². The summed E-state index contributed by atoms with van der Waals surface area (Å²) in [5.74, 6) is -0.960. The van der Waals surface area contributed by atoms with E-state index in [0.29, 0.717) is 5.92 Å². The number of hydrogen-bond donors (Lipinski definition) is 2. The van der Waals surface area contributed by atoms with Gasteiger partial charge in [-0.05, 0) is 38.1 Å². The number of nitrogens with zero attached hydrogens (tertiary/aromatic N) is 2. The predicted octanol–water partition coefficient (Wildman–Crippen LogP) is 2.05. The standard InChI is InChI=1S/C14H19N3O4/c1-9-8-16(2)7-6-11(9)15-12-5-3-4-10(14(18)19)13(12)17(20)21/h3-5,9,11,15H,6-8H2,1-2H3,(H,18,19). The van der Waals surface area contributed by atoms with Crippen molar-refractivity contribution in [1.82, 2.24) is 4.90 Å². The van der Waals surface area contributed by atoms with Crippen molar-refractivity contribution in [2.75, 3.05) is 25.5 Å². The first-order chi connectivity index (χ1) is 9.90. The second-order valence-corrected chi connectivity index (χ2v) is 5.54. The molecule has 21 heavy (non-hydrogen) atoms. The van der Waals surface area contributed by atoms with Crippen LogP contribution in [0.1, 0.15) is 23.7 Å². The fourth-order valence-electron chi connectivity index (χ4n) is 2.80. The van der Waals surface area contributed by atoms with E-state index in [1.54, 1.807) is 6.07 Å². The molecule has 2 unspecified atom stereocenters. The smallest absolute Gasteiger partial charge is 0.342 e. The van der Waals surface area contributed by atoms with Crippen LogP contribution in [-0.4, -0.2) is 47.1 Å². The summed E-state index contributed by atoms with van der Waals surface area (Å²) in [6.45, 7) is 3.90. The Morgan fingerprint density at radius 1 is 1.52 bits per heavy atom. The summed E-state index contributed by atoms with van der Waals surface area (Å²) in [6, 6.07) is 4.45. The Labute approximate surface area is 122 Å². The number of para-hydroxylation sites is 1. The minimum absolute atomic E-state index is 0.101. The second-order valence-electron chi connectivity index (χ2n) is 5.54. The van der Waals surface area contributed by atoms with Crippen molar-refractivity contribution in [3.8, 4) is 0 Å². The molecule has 1 saturated heterocycles. The van der Waals surface area contributed by atoms with E-state index in [4.69, 9.17) is 5.11 Å². The Kier molecular flexibility index (Phi) is 4.42. The second kappa shape index (κ2) is 6.09. The van der Waals surface area contributed by atoms with Crippen LogP contribution in [0.25, 0.3) is 0 Å². The van der Waals surface area contributed by atoms with Crippen molar-refractivity contribution in [3.63, 3.8) is 0 Å². The normalized spacial score (nSPS) is 22.8. The molecule has 1 aromatic carbocycles. The number of likely N-dealkylation sites (tertiary alicyclic amines) is 1.